The number of carbonyl (C=O) groups is 1. The first-order chi connectivity index (χ1) is 13.3. The minimum Gasteiger partial charge on any atom is -0.460 e. The Labute approximate surface area is 163 Å². The molecular formula is C19H15ClF3NO4. The molecule has 0 saturated heterocycles. The van der Waals surface area contributed by atoms with Gasteiger partial charge in [0.2, 0.25) is 5.76 Å². The van der Waals surface area contributed by atoms with Crippen LogP contribution in [0.2, 0.25) is 5.02 Å². The number of rotatable bonds is 6. The van der Waals surface area contributed by atoms with Crippen molar-refractivity contribution in [2.24, 2.45) is 0 Å². The van der Waals surface area contributed by atoms with Crippen LogP contribution in [-0.4, -0.2) is 18.9 Å². The summed E-state index contributed by atoms with van der Waals surface area (Å²) >= 11 is 6.04. The molecule has 28 heavy (non-hydrogen) atoms. The van der Waals surface area contributed by atoms with Gasteiger partial charge in [0.15, 0.2) is 0 Å². The van der Waals surface area contributed by atoms with E-state index in [2.05, 4.69) is 10.1 Å². The fraction of sp³-hybridized carbons (Fsp3) is 0.211. The predicted molar refractivity (Wildman–Crippen MR) is 97.6 cm³/mol. The van der Waals surface area contributed by atoms with Gasteiger partial charge in [0.25, 0.3) is 0 Å². The second-order valence-electron chi connectivity index (χ2n) is 5.70. The molecule has 0 aliphatic heterocycles. The average molecular weight is 414 g/mol. The number of furan rings is 1. The molecule has 0 amide bonds. The van der Waals surface area contributed by atoms with E-state index in [0.29, 0.717) is 27.2 Å². The number of esters is 1. The van der Waals surface area contributed by atoms with Gasteiger partial charge >= 0.3 is 12.3 Å². The Balaban J connectivity index is 1.89. The summed E-state index contributed by atoms with van der Waals surface area (Å²) in [6, 6.07) is 10.3. The van der Waals surface area contributed by atoms with Gasteiger partial charge in [-0.25, -0.2) is 4.79 Å². The van der Waals surface area contributed by atoms with Crippen molar-refractivity contribution in [1.29, 1.82) is 0 Å². The van der Waals surface area contributed by atoms with Crippen LogP contribution < -0.4 is 10.1 Å². The molecule has 0 fully saturated rings. The normalized spacial score (nSPS) is 11.5. The lowest BCUT2D eigenvalue weighted by Gasteiger charge is -2.11. The first-order valence-corrected chi connectivity index (χ1v) is 8.62. The summed E-state index contributed by atoms with van der Waals surface area (Å²) in [6.45, 7) is 1.93. The average Bonchev–Trinajstić information content (AvgIpc) is 2.97. The predicted octanol–water partition coefficient (Wildman–Crippen LogP) is 5.77. The summed E-state index contributed by atoms with van der Waals surface area (Å²) in [5.74, 6) is -0.988. The Morgan fingerprint density at radius 2 is 2.00 bits per heavy atom. The molecule has 1 aromatic heterocycles. The molecule has 148 valence electrons. The minimum absolute atomic E-state index is 0.00862. The Morgan fingerprint density at radius 3 is 2.71 bits per heavy atom. The summed E-state index contributed by atoms with van der Waals surface area (Å²) in [4.78, 5) is 12.2. The number of halogens is 4. The molecule has 0 aliphatic rings. The number of hydrogen-bond acceptors (Lipinski definition) is 5. The van der Waals surface area contributed by atoms with E-state index in [1.165, 1.54) is 18.2 Å². The molecule has 0 unspecified atom stereocenters. The highest BCUT2D eigenvalue weighted by Gasteiger charge is 2.31. The molecule has 5 nitrogen and oxygen atoms in total. The molecule has 0 radical (unpaired) electrons. The van der Waals surface area contributed by atoms with Crippen LogP contribution in [-0.2, 0) is 11.3 Å². The molecule has 9 heteroatoms. The standard InChI is InChI=1S/C19H15ClF3NO4/c1-2-26-18(25)17-15(14-8-11(20)6-7-16(14)27-17)10-24-12-4-3-5-13(9-12)28-19(21,22)23/h3-9,24H,2,10H2,1H3. The highest BCUT2D eigenvalue weighted by Crippen LogP contribution is 2.31. The van der Waals surface area contributed by atoms with E-state index >= 15 is 0 Å². The highest BCUT2D eigenvalue weighted by atomic mass is 35.5. The second kappa shape index (κ2) is 8.02. The van der Waals surface area contributed by atoms with Crippen LogP contribution in [0.3, 0.4) is 0 Å². The fourth-order valence-electron chi connectivity index (χ4n) is 2.65. The minimum atomic E-state index is -4.78. The molecule has 0 saturated carbocycles. The van der Waals surface area contributed by atoms with Crippen molar-refractivity contribution in [3.8, 4) is 5.75 Å². The summed E-state index contributed by atoms with van der Waals surface area (Å²) in [6.07, 6.45) is -4.78. The molecule has 3 aromatic rings. The summed E-state index contributed by atoms with van der Waals surface area (Å²) in [5, 5.41) is 4.02. The van der Waals surface area contributed by atoms with E-state index in [4.69, 9.17) is 20.8 Å². The zero-order valence-corrected chi connectivity index (χ0v) is 15.4. The number of hydrogen-bond donors (Lipinski definition) is 1. The molecule has 0 bridgehead atoms. The molecular weight excluding hydrogens is 399 g/mol. The van der Waals surface area contributed by atoms with Crippen LogP contribution in [0.15, 0.2) is 46.9 Å². The quantitative estimate of drug-likeness (QED) is 0.519. The molecule has 3 rings (SSSR count). The zero-order chi connectivity index (χ0) is 20.3. The Kier molecular flexibility index (Phi) is 5.69. The maximum absolute atomic E-state index is 12.4. The largest absolute Gasteiger partial charge is 0.573 e. The lowest BCUT2D eigenvalue weighted by atomic mass is 10.1. The number of nitrogens with one attached hydrogen (secondary N) is 1. The number of anilines is 1. The lowest BCUT2D eigenvalue weighted by molar-refractivity contribution is -0.274. The third kappa shape index (κ3) is 4.69. The van der Waals surface area contributed by atoms with Crippen molar-refractivity contribution in [2.75, 3.05) is 11.9 Å². The van der Waals surface area contributed by atoms with Gasteiger partial charge in [0.1, 0.15) is 11.3 Å². The topological polar surface area (TPSA) is 60.7 Å². The number of benzene rings is 2. The van der Waals surface area contributed by atoms with Gasteiger partial charge in [-0.15, -0.1) is 13.2 Å². The monoisotopic (exact) mass is 413 g/mol. The van der Waals surface area contributed by atoms with E-state index in [1.807, 2.05) is 0 Å². The van der Waals surface area contributed by atoms with Crippen molar-refractivity contribution in [3.63, 3.8) is 0 Å². The van der Waals surface area contributed by atoms with Gasteiger partial charge in [0, 0.05) is 34.3 Å². The number of alkyl halides is 3. The van der Waals surface area contributed by atoms with Crippen LogP contribution in [0, 0.1) is 0 Å². The van der Waals surface area contributed by atoms with Crippen molar-refractivity contribution in [1.82, 2.24) is 0 Å². The van der Waals surface area contributed by atoms with Crippen LogP contribution in [0.5, 0.6) is 5.75 Å². The Hall–Kier alpha value is -2.87. The number of ether oxygens (including phenoxy) is 2. The molecule has 2 aromatic carbocycles. The highest BCUT2D eigenvalue weighted by molar-refractivity contribution is 6.31. The van der Waals surface area contributed by atoms with Crippen molar-refractivity contribution in [3.05, 3.63) is 58.8 Å². The maximum Gasteiger partial charge on any atom is 0.573 e. The van der Waals surface area contributed by atoms with Crippen LogP contribution in [0.25, 0.3) is 11.0 Å². The van der Waals surface area contributed by atoms with Gasteiger partial charge in [-0.3, -0.25) is 0 Å². The molecule has 0 atom stereocenters. The summed E-state index contributed by atoms with van der Waals surface area (Å²) in [7, 11) is 0. The van der Waals surface area contributed by atoms with Gasteiger partial charge < -0.3 is 19.2 Å². The number of carbonyl (C=O) groups excluding carboxylic acids is 1. The van der Waals surface area contributed by atoms with Crippen molar-refractivity contribution < 1.29 is 31.9 Å². The van der Waals surface area contributed by atoms with Crippen LogP contribution >= 0.6 is 11.6 Å². The van der Waals surface area contributed by atoms with Crippen molar-refractivity contribution >= 4 is 34.2 Å². The molecule has 1 heterocycles. The van der Waals surface area contributed by atoms with Gasteiger partial charge in [-0.2, -0.15) is 0 Å². The third-order valence-electron chi connectivity index (χ3n) is 3.75. The summed E-state index contributed by atoms with van der Waals surface area (Å²) < 4.78 is 51.7. The number of fused-ring (bicyclic) bond motifs is 1. The van der Waals surface area contributed by atoms with E-state index in [0.717, 1.165) is 0 Å². The summed E-state index contributed by atoms with van der Waals surface area (Å²) in [5.41, 5.74) is 1.30. The van der Waals surface area contributed by atoms with Gasteiger partial charge in [0.05, 0.1) is 6.61 Å². The van der Waals surface area contributed by atoms with Crippen molar-refractivity contribution in [2.45, 2.75) is 19.8 Å². The van der Waals surface area contributed by atoms with Gasteiger partial charge in [-0.1, -0.05) is 17.7 Å². The fourth-order valence-corrected chi connectivity index (χ4v) is 2.82. The van der Waals surface area contributed by atoms with Gasteiger partial charge in [-0.05, 0) is 37.3 Å². The van der Waals surface area contributed by atoms with Crippen LogP contribution in [0.1, 0.15) is 23.0 Å². The van der Waals surface area contributed by atoms with E-state index in [-0.39, 0.29) is 24.7 Å². The lowest BCUT2D eigenvalue weighted by Crippen LogP contribution is -2.17. The zero-order valence-electron chi connectivity index (χ0n) is 14.6. The molecule has 0 aliphatic carbocycles. The first-order valence-electron chi connectivity index (χ1n) is 8.24. The second-order valence-corrected chi connectivity index (χ2v) is 6.14. The molecule has 1 N–H and O–H groups in total. The van der Waals surface area contributed by atoms with E-state index in [9.17, 15) is 18.0 Å². The Bertz CT molecular complexity index is 1000. The van der Waals surface area contributed by atoms with E-state index < -0.39 is 12.3 Å². The molecule has 0 spiro atoms. The van der Waals surface area contributed by atoms with E-state index in [1.54, 1.807) is 31.2 Å². The first kappa shape index (κ1) is 19.9. The Morgan fingerprint density at radius 1 is 1.21 bits per heavy atom. The SMILES string of the molecule is CCOC(=O)c1oc2ccc(Cl)cc2c1CNc1cccc(OC(F)(F)F)c1. The smallest absolute Gasteiger partial charge is 0.460 e. The van der Waals surface area contributed by atoms with Crippen LogP contribution in [0.4, 0.5) is 18.9 Å². The maximum atomic E-state index is 12.4. The third-order valence-corrected chi connectivity index (χ3v) is 3.99.